The van der Waals surface area contributed by atoms with Crippen molar-refractivity contribution < 1.29 is 14.0 Å². The van der Waals surface area contributed by atoms with Gasteiger partial charge in [0.15, 0.2) is 23.0 Å². The van der Waals surface area contributed by atoms with Gasteiger partial charge in [-0.2, -0.15) is 5.10 Å². The third-order valence-corrected chi connectivity index (χ3v) is 8.35. The molecule has 0 bridgehead atoms. The maximum Gasteiger partial charge on any atom is 0.271 e. The number of anilines is 2. The molecule has 0 spiro atoms. The molecule has 10 nitrogen and oxygen atoms in total. The molecule has 4 aromatic rings. The van der Waals surface area contributed by atoms with Crippen LogP contribution in [0.25, 0.3) is 11.1 Å². The number of hydrogen-bond acceptors (Lipinski definition) is 8. The van der Waals surface area contributed by atoms with E-state index in [1.807, 2.05) is 25.2 Å². The van der Waals surface area contributed by atoms with Crippen LogP contribution in [0.15, 0.2) is 41.2 Å². The summed E-state index contributed by atoms with van der Waals surface area (Å²) >= 11 is 0. The van der Waals surface area contributed by atoms with Crippen LogP contribution in [-0.2, 0) is 24.7 Å². The lowest BCUT2D eigenvalue weighted by Gasteiger charge is -2.34. The minimum absolute atomic E-state index is 0.135. The molecule has 6 rings (SSSR count). The summed E-state index contributed by atoms with van der Waals surface area (Å²) in [5.41, 5.74) is 9.83. The number of nitrogens with two attached hydrogens (primary N) is 1. The standard InChI is InChI=1S/C30H35N7O3/c1-37-17-22(15-33-37)34-30-28(29(31)39)36-24(16-32-30)21-11-18(12-21)8-10-27-35-23-9-7-19(14-26(23)40-27)13-25(38)20-5-3-2-4-6-20/h7,9,14-18,20-21H,2-6,8,10-13H2,1H3,(H2,31,39)(H,32,34). The molecule has 0 saturated heterocycles. The zero-order valence-corrected chi connectivity index (χ0v) is 22.8. The molecule has 3 heterocycles. The predicted octanol–water partition coefficient (Wildman–Crippen LogP) is 5.01. The van der Waals surface area contributed by atoms with Gasteiger partial charge in [-0.1, -0.05) is 25.3 Å². The van der Waals surface area contributed by atoms with Crippen molar-refractivity contribution in [2.75, 3.05) is 5.32 Å². The van der Waals surface area contributed by atoms with Crippen molar-refractivity contribution in [3.8, 4) is 0 Å². The second kappa shape index (κ2) is 11.2. The van der Waals surface area contributed by atoms with Gasteiger partial charge < -0.3 is 15.5 Å². The predicted molar refractivity (Wildman–Crippen MR) is 150 cm³/mol. The first kappa shape index (κ1) is 26.2. The van der Waals surface area contributed by atoms with Crippen LogP contribution >= 0.6 is 0 Å². The Bertz CT molecular complexity index is 1530. The molecular formula is C30H35N7O3. The van der Waals surface area contributed by atoms with E-state index in [4.69, 9.17) is 10.2 Å². The summed E-state index contributed by atoms with van der Waals surface area (Å²) in [5, 5.41) is 7.18. The minimum Gasteiger partial charge on any atom is -0.441 e. The van der Waals surface area contributed by atoms with Gasteiger partial charge in [-0.15, -0.1) is 0 Å². The van der Waals surface area contributed by atoms with Crippen molar-refractivity contribution in [1.29, 1.82) is 0 Å². The lowest BCUT2D eigenvalue weighted by Crippen LogP contribution is -2.25. The number of primary amides is 1. The number of nitrogens with one attached hydrogen (secondary N) is 1. The molecule has 0 aliphatic heterocycles. The molecule has 0 unspecified atom stereocenters. The van der Waals surface area contributed by atoms with Gasteiger partial charge in [-0.25, -0.2) is 15.0 Å². The Morgan fingerprint density at radius 1 is 1.12 bits per heavy atom. The monoisotopic (exact) mass is 541 g/mol. The molecule has 2 fully saturated rings. The number of ketones is 1. The number of aromatic nitrogens is 5. The Balaban J connectivity index is 1.02. The maximum atomic E-state index is 12.7. The van der Waals surface area contributed by atoms with E-state index in [2.05, 4.69) is 25.4 Å². The number of fused-ring (bicyclic) bond motifs is 1. The number of amides is 1. The van der Waals surface area contributed by atoms with Crippen molar-refractivity contribution in [3.63, 3.8) is 0 Å². The van der Waals surface area contributed by atoms with Crippen LogP contribution < -0.4 is 11.1 Å². The van der Waals surface area contributed by atoms with Crippen molar-refractivity contribution in [2.45, 2.75) is 70.1 Å². The normalized spacial score (nSPS) is 19.4. The second-order valence-corrected chi connectivity index (χ2v) is 11.3. The topological polar surface area (TPSA) is 142 Å². The van der Waals surface area contributed by atoms with Crippen LogP contribution in [0.3, 0.4) is 0 Å². The molecule has 1 amide bonds. The number of carbonyl (C=O) groups is 2. The molecule has 2 aliphatic carbocycles. The van der Waals surface area contributed by atoms with Crippen molar-refractivity contribution in [1.82, 2.24) is 24.7 Å². The molecular weight excluding hydrogens is 506 g/mol. The van der Waals surface area contributed by atoms with E-state index < -0.39 is 5.91 Å². The highest BCUT2D eigenvalue weighted by molar-refractivity contribution is 5.96. The molecule has 10 heteroatoms. The van der Waals surface area contributed by atoms with E-state index in [9.17, 15) is 9.59 Å². The van der Waals surface area contributed by atoms with Gasteiger partial charge in [-0.3, -0.25) is 14.3 Å². The maximum absolute atomic E-state index is 12.7. The summed E-state index contributed by atoms with van der Waals surface area (Å²) in [4.78, 5) is 38.4. The Hall–Kier alpha value is -4.08. The lowest BCUT2D eigenvalue weighted by atomic mass is 9.71. The van der Waals surface area contributed by atoms with Gasteiger partial charge in [0, 0.05) is 37.9 Å². The van der Waals surface area contributed by atoms with Crippen LogP contribution in [0, 0.1) is 11.8 Å². The lowest BCUT2D eigenvalue weighted by molar-refractivity contribution is -0.123. The first-order valence-electron chi connectivity index (χ1n) is 14.2. The number of benzene rings is 1. The molecule has 3 N–H and O–H groups in total. The minimum atomic E-state index is -0.617. The van der Waals surface area contributed by atoms with Crippen molar-refractivity contribution >= 4 is 34.3 Å². The van der Waals surface area contributed by atoms with Gasteiger partial charge in [-0.05, 0) is 55.7 Å². The summed E-state index contributed by atoms with van der Waals surface area (Å²) in [6.45, 7) is 0. The smallest absolute Gasteiger partial charge is 0.271 e. The van der Waals surface area contributed by atoms with Gasteiger partial charge in [0.25, 0.3) is 5.91 Å². The quantitative estimate of drug-likeness (QED) is 0.285. The highest BCUT2D eigenvalue weighted by Crippen LogP contribution is 2.43. The van der Waals surface area contributed by atoms with E-state index in [1.165, 1.54) is 19.3 Å². The Morgan fingerprint density at radius 2 is 1.95 bits per heavy atom. The molecule has 2 saturated carbocycles. The highest BCUT2D eigenvalue weighted by atomic mass is 16.3. The van der Waals surface area contributed by atoms with E-state index in [0.29, 0.717) is 29.6 Å². The summed E-state index contributed by atoms with van der Waals surface area (Å²) in [7, 11) is 1.81. The fourth-order valence-corrected chi connectivity index (χ4v) is 6.03. The largest absolute Gasteiger partial charge is 0.441 e. The average molecular weight is 542 g/mol. The van der Waals surface area contributed by atoms with E-state index in [1.54, 1.807) is 23.3 Å². The van der Waals surface area contributed by atoms with Gasteiger partial charge in [0.1, 0.15) is 11.3 Å². The zero-order chi connectivity index (χ0) is 27.6. The second-order valence-electron chi connectivity index (χ2n) is 11.3. The van der Waals surface area contributed by atoms with Gasteiger partial charge in [0.05, 0.1) is 23.8 Å². The fourth-order valence-electron chi connectivity index (χ4n) is 6.03. The number of aryl methyl sites for hydroxylation is 2. The van der Waals surface area contributed by atoms with Crippen LogP contribution in [0.4, 0.5) is 11.5 Å². The number of Topliss-reactive ketones (excluding diaryl/α,β-unsaturated/α-hetero) is 1. The number of hydrogen-bond donors (Lipinski definition) is 2. The van der Waals surface area contributed by atoms with Gasteiger partial charge in [0.2, 0.25) is 0 Å². The summed E-state index contributed by atoms with van der Waals surface area (Å²) in [6.07, 6.45) is 14.9. The summed E-state index contributed by atoms with van der Waals surface area (Å²) < 4.78 is 7.72. The average Bonchev–Trinajstić information content (AvgIpc) is 3.53. The van der Waals surface area contributed by atoms with Crippen LogP contribution in [-0.4, -0.2) is 36.4 Å². The number of nitrogens with zero attached hydrogens (tertiary/aromatic N) is 5. The number of oxazole rings is 1. The number of carbonyl (C=O) groups excluding carboxylic acids is 2. The molecule has 2 aliphatic rings. The first-order valence-corrected chi connectivity index (χ1v) is 14.2. The van der Waals surface area contributed by atoms with Crippen molar-refractivity contribution in [3.05, 3.63) is 59.6 Å². The SMILES string of the molecule is Cn1cc(Nc2ncc(C3CC(CCc4nc5ccc(CC(=O)C6CCCCC6)cc5o4)C3)nc2C(N)=O)cn1. The zero-order valence-electron chi connectivity index (χ0n) is 22.8. The summed E-state index contributed by atoms with van der Waals surface area (Å²) in [5.74, 6) is 1.79. The molecule has 0 atom stereocenters. The van der Waals surface area contributed by atoms with Gasteiger partial charge >= 0.3 is 0 Å². The molecule has 0 radical (unpaired) electrons. The summed E-state index contributed by atoms with van der Waals surface area (Å²) in [6, 6.07) is 5.95. The first-order chi connectivity index (χ1) is 19.4. The Kier molecular flexibility index (Phi) is 7.32. The Labute approximate surface area is 232 Å². The third-order valence-electron chi connectivity index (χ3n) is 8.35. The molecule has 3 aromatic heterocycles. The molecule has 40 heavy (non-hydrogen) atoms. The van der Waals surface area contributed by atoms with Crippen LogP contribution in [0.2, 0.25) is 0 Å². The number of rotatable bonds is 10. The Morgan fingerprint density at radius 3 is 2.70 bits per heavy atom. The van der Waals surface area contributed by atoms with E-state index in [-0.39, 0.29) is 17.5 Å². The molecule has 1 aromatic carbocycles. The van der Waals surface area contributed by atoms with Crippen LogP contribution in [0.1, 0.15) is 84.9 Å². The van der Waals surface area contributed by atoms with E-state index in [0.717, 1.165) is 66.8 Å². The fraction of sp³-hybridized carbons (Fsp3) is 0.467. The van der Waals surface area contributed by atoms with E-state index >= 15 is 0 Å². The third kappa shape index (κ3) is 5.76. The van der Waals surface area contributed by atoms with Crippen molar-refractivity contribution in [2.24, 2.45) is 24.6 Å². The van der Waals surface area contributed by atoms with Crippen LogP contribution in [0.5, 0.6) is 0 Å². The highest BCUT2D eigenvalue weighted by Gasteiger charge is 2.32. The molecule has 208 valence electrons.